The topological polar surface area (TPSA) is 115 Å². The lowest BCUT2D eigenvalue weighted by atomic mass is 10.1. The lowest BCUT2D eigenvalue weighted by molar-refractivity contribution is -0.114. The summed E-state index contributed by atoms with van der Waals surface area (Å²) >= 11 is 1.35. The molecule has 43 heavy (non-hydrogen) atoms. The molecular formula is C33H31N3O6S. The SMILES string of the molecule is COc1ccc(/C=C(\NC(=O)c2ccccc2)C(=O)Nc2ccc(SCC(=O)Nc3cc(OC)cc(OC)c3)cc2)cc1. The number of carbonyl (C=O) groups is 3. The van der Waals surface area contributed by atoms with Crippen LogP contribution >= 0.6 is 11.8 Å². The lowest BCUT2D eigenvalue weighted by Gasteiger charge is -2.12. The number of ether oxygens (including phenoxy) is 3. The van der Waals surface area contributed by atoms with Crippen molar-refractivity contribution >= 4 is 46.9 Å². The fraction of sp³-hybridized carbons (Fsp3) is 0.121. The largest absolute Gasteiger partial charge is 0.497 e. The third-order valence-corrected chi connectivity index (χ3v) is 7.08. The number of carbonyl (C=O) groups excluding carboxylic acids is 3. The van der Waals surface area contributed by atoms with Gasteiger partial charge in [0.25, 0.3) is 11.8 Å². The van der Waals surface area contributed by atoms with Crippen LogP contribution in [-0.2, 0) is 9.59 Å². The van der Waals surface area contributed by atoms with Gasteiger partial charge in [-0.2, -0.15) is 0 Å². The molecule has 9 nitrogen and oxygen atoms in total. The first-order chi connectivity index (χ1) is 20.9. The van der Waals surface area contributed by atoms with E-state index >= 15 is 0 Å². The molecule has 4 aromatic rings. The van der Waals surface area contributed by atoms with E-state index in [0.717, 1.165) is 4.90 Å². The minimum atomic E-state index is -0.492. The Kier molecular flexibility index (Phi) is 10.8. The van der Waals surface area contributed by atoms with Gasteiger partial charge in [-0.1, -0.05) is 30.3 Å². The first-order valence-electron chi connectivity index (χ1n) is 13.2. The predicted octanol–water partition coefficient (Wildman–Crippen LogP) is 5.85. The van der Waals surface area contributed by atoms with E-state index in [-0.39, 0.29) is 17.4 Å². The molecule has 220 valence electrons. The number of benzene rings is 4. The second kappa shape index (κ2) is 15.1. The number of anilines is 2. The van der Waals surface area contributed by atoms with Crippen molar-refractivity contribution in [2.24, 2.45) is 0 Å². The Morgan fingerprint density at radius 3 is 1.93 bits per heavy atom. The molecule has 0 bridgehead atoms. The molecule has 4 rings (SSSR count). The second-order valence-electron chi connectivity index (χ2n) is 9.07. The molecule has 3 amide bonds. The van der Waals surface area contributed by atoms with Crippen LogP contribution in [0.1, 0.15) is 15.9 Å². The number of thioether (sulfide) groups is 1. The minimum absolute atomic E-state index is 0.0725. The van der Waals surface area contributed by atoms with Crippen molar-refractivity contribution in [1.29, 1.82) is 0 Å². The fourth-order valence-electron chi connectivity index (χ4n) is 3.87. The molecule has 3 N–H and O–H groups in total. The molecule has 0 aliphatic heterocycles. The van der Waals surface area contributed by atoms with Crippen molar-refractivity contribution in [3.05, 3.63) is 114 Å². The van der Waals surface area contributed by atoms with Gasteiger partial charge in [0.1, 0.15) is 22.9 Å². The van der Waals surface area contributed by atoms with E-state index in [0.29, 0.717) is 39.8 Å². The Bertz CT molecular complexity index is 1570. The molecule has 0 aliphatic carbocycles. The molecule has 0 saturated carbocycles. The molecule has 10 heteroatoms. The monoisotopic (exact) mass is 597 g/mol. The van der Waals surface area contributed by atoms with E-state index in [9.17, 15) is 14.4 Å². The maximum atomic E-state index is 13.3. The van der Waals surface area contributed by atoms with E-state index in [1.807, 2.05) is 6.07 Å². The van der Waals surface area contributed by atoms with Gasteiger partial charge in [0.05, 0.1) is 27.1 Å². The molecule has 0 spiro atoms. The van der Waals surface area contributed by atoms with E-state index in [1.165, 1.54) is 11.8 Å². The highest BCUT2D eigenvalue weighted by atomic mass is 32.2. The van der Waals surface area contributed by atoms with Crippen molar-refractivity contribution in [3.63, 3.8) is 0 Å². The van der Waals surface area contributed by atoms with Gasteiger partial charge >= 0.3 is 0 Å². The fourth-order valence-corrected chi connectivity index (χ4v) is 4.57. The molecule has 0 heterocycles. The smallest absolute Gasteiger partial charge is 0.272 e. The van der Waals surface area contributed by atoms with Crippen LogP contribution in [0.25, 0.3) is 6.08 Å². The molecule has 0 aromatic heterocycles. The van der Waals surface area contributed by atoms with Crippen LogP contribution in [0, 0.1) is 0 Å². The normalized spacial score (nSPS) is 10.8. The van der Waals surface area contributed by atoms with Gasteiger partial charge < -0.3 is 30.2 Å². The summed E-state index contributed by atoms with van der Waals surface area (Å²) < 4.78 is 15.7. The van der Waals surface area contributed by atoms with Gasteiger partial charge in [0, 0.05) is 40.0 Å². The summed E-state index contributed by atoms with van der Waals surface area (Å²) in [5, 5.41) is 8.39. The van der Waals surface area contributed by atoms with Crippen LogP contribution in [0.15, 0.2) is 108 Å². The van der Waals surface area contributed by atoms with Crippen LogP contribution < -0.4 is 30.2 Å². The molecule has 0 atom stereocenters. The summed E-state index contributed by atoms with van der Waals surface area (Å²) in [6.07, 6.45) is 1.59. The van der Waals surface area contributed by atoms with Gasteiger partial charge in [-0.25, -0.2) is 0 Å². The summed E-state index contributed by atoms with van der Waals surface area (Å²) in [6, 6.07) is 28.0. The minimum Gasteiger partial charge on any atom is -0.497 e. The average molecular weight is 598 g/mol. The van der Waals surface area contributed by atoms with E-state index in [4.69, 9.17) is 14.2 Å². The predicted molar refractivity (Wildman–Crippen MR) is 169 cm³/mol. The first kappa shape index (κ1) is 30.7. The summed E-state index contributed by atoms with van der Waals surface area (Å²) in [6.45, 7) is 0. The quantitative estimate of drug-likeness (QED) is 0.139. The van der Waals surface area contributed by atoms with Crippen LogP contribution in [0.3, 0.4) is 0 Å². The van der Waals surface area contributed by atoms with Crippen molar-refractivity contribution in [1.82, 2.24) is 5.32 Å². The zero-order valence-corrected chi connectivity index (χ0v) is 24.7. The Balaban J connectivity index is 1.40. The Hall–Kier alpha value is -5.22. The van der Waals surface area contributed by atoms with E-state index in [1.54, 1.807) is 118 Å². The molecule has 0 aliphatic rings. The molecule has 0 radical (unpaired) electrons. The van der Waals surface area contributed by atoms with Gasteiger partial charge in [0.2, 0.25) is 5.91 Å². The molecule has 0 saturated heterocycles. The number of hydrogen-bond acceptors (Lipinski definition) is 7. The Morgan fingerprint density at radius 1 is 0.698 bits per heavy atom. The molecule has 0 fully saturated rings. The van der Waals surface area contributed by atoms with Crippen molar-refractivity contribution in [2.75, 3.05) is 37.7 Å². The Morgan fingerprint density at radius 2 is 1.33 bits per heavy atom. The third-order valence-electron chi connectivity index (χ3n) is 6.07. The number of rotatable bonds is 12. The maximum absolute atomic E-state index is 13.3. The Labute approximate surface area is 254 Å². The van der Waals surface area contributed by atoms with Crippen molar-refractivity contribution in [2.45, 2.75) is 4.90 Å². The summed E-state index contributed by atoms with van der Waals surface area (Å²) in [5.74, 6) is 0.892. The summed E-state index contributed by atoms with van der Waals surface area (Å²) in [7, 11) is 4.66. The van der Waals surface area contributed by atoms with Gasteiger partial charge in [-0.05, 0) is 60.2 Å². The first-order valence-corrected chi connectivity index (χ1v) is 14.1. The van der Waals surface area contributed by atoms with E-state index in [2.05, 4.69) is 16.0 Å². The number of nitrogens with one attached hydrogen (secondary N) is 3. The zero-order valence-electron chi connectivity index (χ0n) is 23.9. The van der Waals surface area contributed by atoms with Crippen LogP contribution in [0.5, 0.6) is 17.2 Å². The number of methoxy groups -OCH3 is 3. The van der Waals surface area contributed by atoms with Crippen molar-refractivity contribution < 1.29 is 28.6 Å². The summed E-state index contributed by atoms with van der Waals surface area (Å²) in [4.78, 5) is 39.5. The van der Waals surface area contributed by atoms with Gasteiger partial charge in [-0.3, -0.25) is 14.4 Å². The highest BCUT2D eigenvalue weighted by molar-refractivity contribution is 8.00. The van der Waals surface area contributed by atoms with Gasteiger partial charge in [-0.15, -0.1) is 11.8 Å². The highest BCUT2D eigenvalue weighted by Crippen LogP contribution is 2.27. The van der Waals surface area contributed by atoms with Crippen LogP contribution in [0.4, 0.5) is 11.4 Å². The summed E-state index contributed by atoms with van der Waals surface area (Å²) in [5.41, 5.74) is 2.29. The lowest BCUT2D eigenvalue weighted by Crippen LogP contribution is -2.30. The molecule has 4 aromatic carbocycles. The standard InChI is InChI=1S/C33H31N3O6S/c1-40-26-13-9-22(10-14-26)17-30(36-32(38)23-7-5-4-6-8-23)33(39)35-24-11-15-29(16-12-24)43-21-31(37)34-25-18-27(41-2)20-28(19-25)42-3/h4-20H,21H2,1-3H3,(H,34,37)(H,35,39)(H,36,38)/b30-17-. The zero-order chi connectivity index (χ0) is 30.6. The average Bonchev–Trinajstić information content (AvgIpc) is 3.04. The molecular weight excluding hydrogens is 566 g/mol. The van der Waals surface area contributed by atoms with Crippen LogP contribution in [-0.4, -0.2) is 44.8 Å². The maximum Gasteiger partial charge on any atom is 0.272 e. The number of hydrogen-bond donors (Lipinski definition) is 3. The second-order valence-corrected chi connectivity index (χ2v) is 10.1. The van der Waals surface area contributed by atoms with Gasteiger partial charge in [0.15, 0.2) is 0 Å². The number of amides is 3. The molecule has 0 unspecified atom stereocenters. The van der Waals surface area contributed by atoms with Crippen molar-refractivity contribution in [3.8, 4) is 17.2 Å². The third kappa shape index (κ3) is 9.14. The van der Waals surface area contributed by atoms with E-state index < -0.39 is 11.8 Å². The van der Waals surface area contributed by atoms with Crippen LogP contribution in [0.2, 0.25) is 0 Å². The highest BCUT2D eigenvalue weighted by Gasteiger charge is 2.15.